The zero-order valence-corrected chi connectivity index (χ0v) is 44.3. The predicted molar refractivity (Wildman–Crippen MR) is 277 cm³/mol. The van der Waals surface area contributed by atoms with Crippen LogP contribution in [-0.2, 0) is 54.9 Å². The summed E-state index contributed by atoms with van der Waals surface area (Å²) in [6.07, 6.45) is 11.9. The zero-order chi connectivity index (χ0) is 54.8. The molecule has 25 heteroatoms. The molecular weight excluding hydrogens is 1020 g/mol. The second-order valence-electron chi connectivity index (χ2n) is 19.5. The maximum atomic E-state index is 14.9. The molecule has 0 aromatic carbocycles. The van der Waals surface area contributed by atoms with E-state index in [1.165, 1.54) is 123 Å². The Hall–Kier alpha value is -5.75. The maximum absolute atomic E-state index is 14.9. The van der Waals surface area contributed by atoms with Gasteiger partial charge in [-0.15, -0.1) is 0 Å². The number of phosphoric ester groups is 1. The number of fused-ring (bicyclic) bond motifs is 2. The number of hydrogen-bond donors (Lipinski definition) is 6. The highest BCUT2D eigenvalue weighted by atomic mass is 31.2. The minimum Gasteiger partial charge on any atom is -0.387 e. The van der Waals surface area contributed by atoms with Crippen LogP contribution in [0.4, 0.5) is 11.6 Å². The SMILES string of the molecule is CCCCCCCCCCCCCCCCCCOC[C@H](COP(=O)(OC[C@H]1O[C@@](C#N)(c2ccc3c(N)ncnn23)[C@H](O)[C@@H]1O)OC[C@H]1O[C@@](C#N)(c2ccc3c(N)ncnn23)[C@H](O)[C@@H]1O)OCc1ccc(C#N)nc1. The minimum absolute atomic E-state index is 0.00249. The summed E-state index contributed by atoms with van der Waals surface area (Å²) in [5.74, 6) is 0.140. The molecule has 0 spiro atoms. The van der Waals surface area contributed by atoms with E-state index in [-0.39, 0.29) is 41.9 Å². The van der Waals surface area contributed by atoms with Gasteiger partial charge in [-0.05, 0) is 42.3 Å². The smallest absolute Gasteiger partial charge is 0.387 e. The number of pyridine rings is 1. The number of aliphatic hydroxyl groups is 4. The molecule has 0 saturated carbocycles. The Morgan fingerprint density at radius 1 is 0.662 bits per heavy atom. The molecule has 8 N–H and O–H groups in total. The molecule has 416 valence electrons. The number of nitrogens with zero attached hydrogens (tertiary/aromatic N) is 10. The highest BCUT2D eigenvalue weighted by Gasteiger charge is 2.59. The van der Waals surface area contributed by atoms with E-state index in [4.69, 9.17) is 44.0 Å². The van der Waals surface area contributed by atoms with Crippen LogP contribution in [0.3, 0.4) is 0 Å². The average Bonchev–Trinajstić information content (AvgIpc) is 4.38. The fourth-order valence-electron chi connectivity index (χ4n) is 9.62. The first-order chi connectivity index (χ1) is 37.3. The lowest BCUT2D eigenvalue weighted by Gasteiger charge is -2.26. The summed E-state index contributed by atoms with van der Waals surface area (Å²) in [5.41, 5.74) is 8.95. The molecule has 0 radical (unpaired) electrons. The molecule has 0 bridgehead atoms. The fourth-order valence-corrected chi connectivity index (χ4v) is 10.8. The van der Waals surface area contributed by atoms with Crippen LogP contribution in [0.15, 0.2) is 55.2 Å². The Kier molecular flexibility index (Phi) is 21.6. The third kappa shape index (κ3) is 14.3. The van der Waals surface area contributed by atoms with E-state index in [0.717, 1.165) is 38.3 Å². The Bertz CT molecular complexity index is 2710. The molecule has 2 aliphatic heterocycles. The van der Waals surface area contributed by atoms with Crippen LogP contribution in [0, 0.1) is 34.0 Å². The van der Waals surface area contributed by atoms with Crippen molar-refractivity contribution in [3.8, 4) is 18.2 Å². The molecule has 2 fully saturated rings. The summed E-state index contributed by atoms with van der Waals surface area (Å²) in [6, 6.07) is 14.9. The van der Waals surface area contributed by atoms with Gasteiger partial charge in [-0.25, -0.2) is 28.5 Å². The number of aliphatic hydroxyl groups excluding tert-OH is 4. The van der Waals surface area contributed by atoms with Crippen LogP contribution < -0.4 is 11.5 Å². The largest absolute Gasteiger partial charge is 0.475 e. The van der Waals surface area contributed by atoms with Crippen molar-refractivity contribution in [2.75, 3.05) is 44.5 Å². The molecule has 5 aromatic heterocycles. The van der Waals surface area contributed by atoms with Crippen LogP contribution in [0.1, 0.15) is 132 Å². The van der Waals surface area contributed by atoms with E-state index < -0.39 is 81.6 Å². The molecule has 0 amide bonds. The lowest BCUT2D eigenvalue weighted by Crippen LogP contribution is -2.41. The Labute approximate surface area is 447 Å². The van der Waals surface area contributed by atoms with Crippen molar-refractivity contribution in [3.63, 3.8) is 0 Å². The summed E-state index contributed by atoms with van der Waals surface area (Å²) in [4.78, 5) is 12.0. The Morgan fingerprint density at radius 2 is 1.14 bits per heavy atom. The number of rotatable bonds is 33. The number of hydrogen-bond acceptors (Lipinski definition) is 22. The van der Waals surface area contributed by atoms with Gasteiger partial charge in [-0.3, -0.25) is 13.6 Å². The van der Waals surface area contributed by atoms with E-state index in [1.807, 2.05) is 18.2 Å². The number of unbranched alkanes of at least 4 members (excludes halogenated alkanes) is 15. The maximum Gasteiger partial charge on any atom is 0.475 e. The van der Waals surface area contributed by atoms with Crippen molar-refractivity contribution in [1.82, 2.24) is 34.2 Å². The number of aromatic nitrogens is 7. The van der Waals surface area contributed by atoms with Crippen LogP contribution in [0.5, 0.6) is 0 Å². The molecule has 5 aromatic rings. The normalized spacial score (nSPS) is 23.8. The number of ether oxygens (including phenoxy) is 4. The Morgan fingerprint density at radius 3 is 1.58 bits per heavy atom. The lowest BCUT2D eigenvalue weighted by molar-refractivity contribution is -0.0802. The van der Waals surface area contributed by atoms with Gasteiger partial charge in [-0.2, -0.15) is 26.0 Å². The van der Waals surface area contributed by atoms with Gasteiger partial charge in [0.05, 0.1) is 44.4 Å². The number of anilines is 2. The predicted octanol–water partition coefficient (Wildman–Crippen LogP) is 5.60. The van der Waals surface area contributed by atoms with Crippen molar-refractivity contribution in [1.29, 1.82) is 15.8 Å². The van der Waals surface area contributed by atoms with E-state index >= 15 is 0 Å². The second-order valence-corrected chi connectivity index (χ2v) is 21.2. The quantitative estimate of drug-likeness (QED) is 0.0220. The topological polar surface area (TPSA) is 359 Å². The summed E-state index contributed by atoms with van der Waals surface area (Å²) >= 11 is 0. The summed E-state index contributed by atoms with van der Waals surface area (Å²) in [6.45, 7) is 0.461. The fraction of sp³-hybridized carbons (Fsp3) is 0.615. The van der Waals surface area contributed by atoms with Crippen molar-refractivity contribution in [2.45, 2.75) is 170 Å². The first-order valence-electron chi connectivity index (χ1n) is 26.5. The van der Waals surface area contributed by atoms with Gasteiger partial charge in [-0.1, -0.05) is 109 Å². The molecule has 9 atom stereocenters. The van der Waals surface area contributed by atoms with Gasteiger partial charge in [0.2, 0.25) is 11.2 Å². The number of nitrogens with two attached hydrogens (primary N) is 2. The van der Waals surface area contributed by atoms with Gasteiger partial charge in [0, 0.05) is 12.8 Å². The van der Waals surface area contributed by atoms with Gasteiger partial charge in [0.1, 0.15) is 90.3 Å². The van der Waals surface area contributed by atoms with Crippen LogP contribution in [0.25, 0.3) is 11.0 Å². The highest BCUT2D eigenvalue weighted by molar-refractivity contribution is 7.48. The number of nitrogen functional groups attached to an aromatic ring is 2. The van der Waals surface area contributed by atoms with Gasteiger partial charge in [0.25, 0.3) is 0 Å². The molecule has 7 heterocycles. The van der Waals surface area contributed by atoms with E-state index in [0.29, 0.717) is 23.2 Å². The first-order valence-corrected chi connectivity index (χ1v) is 28.0. The van der Waals surface area contributed by atoms with Crippen molar-refractivity contribution < 1.29 is 57.5 Å². The zero-order valence-electron chi connectivity index (χ0n) is 43.4. The third-order valence-corrected chi connectivity index (χ3v) is 15.5. The molecule has 2 saturated heterocycles. The van der Waals surface area contributed by atoms with E-state index in [2.05, 4.69) is 32.1 Å². The third-order valence-electron chi connectivity index (χ3n) is 14.1. The number of nitriles is 3. The van der Waals surface area contributed by atoms with Gasteiger partial charge in [0.15, 0.2) is 11.6 Å². The molecule has 77 heavy (non-hydrogen) atoms. The second kappa shape index (κ2) is 28.2. The summed E-state index contributed by atoms with van der Waals surface area (Å²) in [5, 5.41) is 84.1. The Balaban J connectivity index is 1.01. The summed E-state index contributed by atoms with van der Waals surface area (Å²) < 4.78 is 59.4. The van der Waals surface area contributed by atoms with Gasteiger partial charge >= 0.3 is 7.82 Å². The standard InChI is InChI=1S/C52H71N12O12P/c1-2-3-4-5-6-7-8-9-10-11-12-13-14-15-16-17-24-70-28-38(71-27-36-18-19-37(25-53)58-26-36)29-72-77(69,73-30-41-45(65)47(67)51(32-54,75-41)43-22-20-39-49(56)59-34-61-63(39)43)74-31-42-46(66)48(68)52(33-55,76-42)44-23-21-40-50(57)60-35-62-64(40)44/h18-23,26,34-35,38,41-42,45-48,65-68H,2-17,24,27-31H2,1H3,(H2,56,59,61)(H2,57,60,62)/t38-,41-,42-,45-,46-,47-,48-,51+,52+/m1/s1. The molecule has 24 nitrogen and oxygen atoms in total. The summed E-state index contributed by atoms with van der Waals surface area (Å²) in [7, 11) is -4.95. The first kappa shape index (κ1) is 58.9. The minimum atomic E-state index is -4.95. The van der Waals surface area contributed by atoms with Crippen LogP contribution in [-0.4, -0.2) is 130 Å². The molecule has 7 rings (SSSR count). The van der Waals surface area contributed by atoms with Crippen LogP contribution in [0.2, 0.25) is 0 Å². The van der Waals surface area contributed by atoms with Crippen molar-refractivity contribution >= 4 is 30.5 Å². The van der Waals surface area contributed by atoms with E-state index in [9.17, 15) is 40.8 Å². The monoisotopic (exact) mass is 1090 g/mol. The molecule has 2 aliphatic rings. The van der Waals surface area contributed by atoms with Crippen molar-refractivity contribution in [3.05, 3.63) is 77.9 Å². The molecule has 0 aliphatic carbocycles. The molecular formula is C52H71N12O12P. The number of phosphoric acid groups is 1. The highest BCUT2D eigenvalue weighted by Crippen LogP contribution is 2.52. The van der Waals surface area contributed by atoms with Gasteiger partial charge < -0.3 is 50.8 Å². The average molecular weight is 1090 g/mol. The van der Waals surface area contributed by atoms with Crippen LogP contribution >= 0.6 is 7.82 Å². The van der Waals surface area contributed by atoms with Crippen molar-refractivity contribution in [2.24, 2.45) is 0 Å². The van der Waals surface area contributed by atoms with E-state index in [1.54, 1.807) is 6.07 Å². The lowest BCUT2D eigenvalue weighted by atomic mass is 9.92. The molecule has 0 unspecified atom stereocenters.